The second-order valence-electron chi connectivity index (χ2n) is 3.50. The summed E-state index contributed by atoms with van der Waals surface area (Å²) in [4.78, 5) is 10.6. The number of para-hydroxylation sites is 1. The molecule has 1 fully saturated rings. The van der Waals surface area contributed by atoms with Crippen LogP contribution in [0.1, 0.15) is 12.8 Å². The molecule has 0 aromatic heterocycles. The molecule has 1 aliphatic rings. The second-order valence-corrected chi connectivity index (χ2v) is 3.50. The first kappa shape index (κ1) is 9.21. The molecule has 0 spiro atoms. The summed E-state index contributed by atoms with van der Waals surface area (Å²) >= 11 is 0. The van der Waals surface area contributed by atoms with Gasteiger partial charge in [0.05, 0.1) is 11.7 Å². The minimum atomic E-state index is -0.0241. The molecule has 3 nitrogen and oxygen atoms in total. The van der Waals surface area contributed by atoms with Gasteiger partial charge in [-0.1, -0.05) is 18.2 Å². The highest BCUT2D eigenvalue weighted by molar-refractivity contribution is 5.59. The number of carbonyl (C=O) groups excluding carboxylic acids is 1. The SMILES string of the molecule is O=CC1CCCN(c2ccccc2)N1. The van der Waals surface area contributed by atoms with E-state index in [0.717, 1.165) is 31.4 Å². The lowest BCUT2D eigenvalue weighted by atomic mass is 10.1. The van der Waals surface area contributed by atoms with E-state index in [9.17, 15) is 4.79 Å². The molecule has 14 heavy (non-hydrogen) atoms. The Kier molecular flexibility index (Phi) is 2.79. The Morgan fingerprint density at radius 1 is 1.36 bits per heavy atom. The molecular weight excluding hydrogens is 176 g/mol. The number of aldehydes is 1. The topological polar surface area (TPSA) is 32.3 Å². The van der Waals surface area contributed by atoms with Gasteiger partial charge in [-0.25, -0.2) is 5.43 Å². The smallest absolute Gasteiger partial charge is 0.138 e. The van der Waals surface area contributed by atoms with Crippen molar-refractivity contribution in [2.24, 2.45) is 0 Å². The fraction of sp³-hybridized carbons (Fsp3) is 0.364. The van der Waals surface area contributed by atoms with Gasteiger partial charge in [-0.15, -0.1) is 0 Å². The van der Waals surface area contributed by atoms with Gasteiger partial charge in [0.1, 0.15) is 6.29 Å². The zero-order valence-corrected chi connectivity index (χ0v) is 8.02. The molecule has 1 aromatic carbocycles. The maximum absolute atomic E-state index is 10.6. The van der Waals surface area contributed by atoms with Crippen LogP contribution >= 0.6 is 0 Å². The summed E-state index contributed by atoms with van der Waals surface area (Å²) in [5, 5.41) is 2.04. The van der Waals surface area contributed by atoms with E-state index in [1.807, 2.05) is 35.3 Å². The molecule has 0 bridgehead atoms. The predicted molar refractivity (Wildman–Crippen MR) is 56.0 cm³/mol. The van der Waals surface area contributed by atoms with Crippen molar-refractivity contribution in [3.05, 3.63) is 30.3 Å². The van der Waals surface area contributed by atoms with E-state index in [1.54, 1.807) is 0 Å². The number of nitrogens with one attached hydrogen (secondary N) is 1. The Balaban J connectivity index is 2.08. The van der Waals surface area contributed by atoms with Crippen molar-refractivity contribution in [3.8, 4) is 0 Å². The van der Waals surface area contributed by atoms with Crippen LogP contribution in [0.15, 0.2) is 30.3 Å². The summed E-state index contributed by atoms with van der Waals surface area (Å²) in [6.45, 7) is 0.967. The molecule has 1 aromatic rings. The van der Waals surface area contributed by atoms with E-state index in [-0.39, 0.29) is 6.04 Å². The van der Waals surface area contributed by atoms with Crippen LogP contribution in [0.3, 0.4) is 0 Å². The van der Waals surface area contributed by atoms with Gasteiger partial charge in [-0.3, -0.25) is 0 Å². The highest BCUT2D eigenvalue weighted by Gasteiger charge is 2.17. The summed E-state index contributed by atoms with van der Waals surface area (Å²) in [6, 6.07) is 10.1. The van der Waals surface area contributed by atoms with Crippen LogP contribution < -0.4 is 10.4 Å². The Labute approximate surface area is 83.7 Å². The molecule has 0 radical (unpaired) electrons. The molecule has 1 heterocycles. The molecule has 0 saturated carbocycles. The molecule has 1 aliphatic heterocycles. The number of anilines is 1. The molecular formula is C11H14N2O. The lowest BCUT2D eigenvalue weighted by Crippen LogP contribution is -2.50. The van der Waals surface area contributed by atoms with Gasteiger partial charge in [0, 0.05) is 6.54 Å². The average molecular weight is 190 g/mol. The minimum absolute atomic E-state index is 0.0241. The standard InChI is InChI=1S/C11H14N2O/c14-9-10-5-4-8-13(12-10)11-6-2-1-3-7-11/h1-3,6-7,9-10,12H,4-5,8H2. The minimum Gasteiger partial charge on any atom is -0.308 e. The van der Waals surface area contributed by atoms with E-state index in [0.29, 0.717) is 0 Å². The van der Waals surface area contributed by atoms with Gasteiger partial charge in [-0.05, 0) is 25.0 Å². The van der Waals surface area contributed by atoms with Gasteiger partial charge in [0.25, 0.3) is 0 Å². The highest BCUT2D eigenvalue weighted by atomic mass is 16.1. The van der Waals surface area contributed by atoms with E-state index in [2.05, 4.69) is 5.43 Å². The van der Waals surface area contributed by atoms with Gasteiger partial charge >= 0.3 is 0 Å². The average Bonchev–Trinajstić information content (AvgIpc) is 2.30. The predicted octanol–water partition coefficient (Wildman–Crippen LogP) is 1.36. The molecule has 3 heteroatoms. The number of rotatable bonds is 2. The van der Waals surface area contributed by atoms with E-state index in [1.165, 1.54) is 0 Å². The normalized spacial score (nSPS) is 22.0. The number of benzene rings is 1. The van der Waals surface area contributed by atoms with Crippen LogP contribution in [0.25, 0.3) is 0 Å². The molecule has 1 unspecified atom stereocenters. The third-order valence-corrected chi connectivity index (χ3v) is 2.45. The molecule has 1 atom stereocenters. The number of hydrogen-bond donors (Lipinski definition) is 1. The van der Waals surface area contributed by atoms with Crippen molar-refractivity contribution in [1.29, 1.82) is 0 Å². The largest absolute Gasteiger partial charge is 0.308 e. The zero-order chi connectivity index (χ0) is 9.80. The van der Waals surface area contributed by atoms with Crippen LogP contribution in [-0.4, -0.2) is 18.9 Å². The van der Waals surface area contributed by atoms with E-state index < -0.39 is 0 Å². The fourth-order valence-electron chi connectivity index (χ4n) is 1.71. The number of hydrazine groups is 1. The Bertz CT molecular complexity index is 299. The number of carbonyl (C=O) groups is 1. The fourth-order valence-corrected chi connectivity index (χ4v) is 1.71. The number of nitrogens with zero attached hydrogens (tertiary/aromatic N) is 1. The summed E-state index contributed by atoms with van der Waals surface area (Å²) in [6.07, 6.45) is 2.98. The quantitative estimate of drug-likeness (QED) is 0.715. The van der Waals surface area contributed by atoms with Crippen LogP contribution in [0.4, 0.5) is 5.69 Å². The van der Waals surface area contributed by atoms with Crippen molar-refractivity contribution in [3.63, 3.8) is 0 Å². The monoisotopic (exact) mass is 190 g/mol. The van der Waals surface area contributed by atoms with E-state index in [4.69, 9.17) is 0 Å². The summed E-state index contributed by atoms with van der Waals surface area (Å²) in [5.74, 6) is 0. The third-order valence-electron chi connectivity index (χ3n) is 2.45. The van der Waals surface area contributed by atoms with Gasteiger partial charge in [0.2, 0.25) is 0 Å². The van der Waals surface area contributed by atoms with Crippen molar-refractivity contribution in [2.45, 2.75) is 18.9 Å². The first-order chi connectivity index (χ1) is 6.90. The molecule has 74 valence electrons. The zero-order valence-electron chi connectivity index (χ0n) is 8.02. The maximum Gasteiger partial charge on any atom is 0.138 e. The third kappa shape index (κ3) is 1.93. The molecule has 2 rings (SSSR count). The lowest BCUT2D eigenvalue weighted by molar-refractivity contribution is -0.110. The molecule has 1 saturated heterocycles. The van der Waals surface area contributed by atoms with Crippen LogP contribution in [-0.2, 0) is 4.79 Å². The van der Waals surface area contributed by atoms with Crippen LogP contribution in [0.5, 0.6) is 0 Å². The molecule has 0 aliphatic carbocycles. The first-order valence-corrected chi connectivity index (χ1v) is 4.94. The summed E-state index contributed by atoms with van der Waals surface area (Å²) in [5.41, 5.74) is 4.31. The van der Waals surface area contributed by atoms with E-state index >= 15 is 0 Å². The second kappa shape index (κ2) is 4.24. The van der Waals surface area contributed by atoms with Crippen molar-refractivity contribution >= 4 is 12.0 Å². The van der Waals surface area contributed by atoms with Crippen molar-refractivity contribution in [1.82, 2.24) is 5.43 Å². The van der Waals surface area contributed by atoms with Crippen LogP contribution in [0.2, 0.25) is 0 Å². The van der Waals surface area contributed by atoms with Gasteiger partial charge < -0.3 is 9.80 Å². The Morgan fingerprint density at radius 2 is 2.14 bits per heavy atom. The van der Waals surface area contributed by atoms with Gasteiger partial charge in [-0.2, -0.15) is 0 Å². The Morgan fingerprint density at radius 3 is 2.86 bits per heavy atom. The van der Waals surface area contributed by atoms with Crippen molar-refractivity contribution < 1.29 is 4.79 Å². The first-order valence-electron chi connectivity index (χ1n) is 4.94. The molecule has 1 N–H and O–H groups in total. The Hall–Kier alpha value is -1.35. The highest BCUT2D eigenvalue weighted by Crippen LogP contribution is 2.15. The number of hydrogen-bond acceptors (Lipinski definition) is 3. The summed E-state index contributed by atoms with van der Waals surface area (Å²) < 4.78 is 0. The van der Waals surface area contributed by atoms with Gasteiger partial charge in [0.15, 0.2) is 0 Å². The maximum atomic E-state index is 10.6. The van der Waals surface area contributed by atoms with Crippen molar-refractivity contribution in [2.75, 3.05) is 11.6 Å². The lowest BCUT2D eigenvalue weighted by Gasteiger charge is -2.33. The summed E-state index contributed by atoms with van der Waals surface area (Å²) in [7, 11) is 0. The molecule has 0 amide bonds. The van der Waals surface area contributed by atoms with Crippen LogP contribution in [0, 0.1) is 0 Å².